The van der Waals surface area contributed by atoms with Crippen LogP contribution in [0.5, 0.6) is 0 Å². The average molecular weight is 167 g/mol. The van der Waals surface area contributed by atoms with Gasteiger partial charge in [-0.3, -0.25) is 4.55 Å². The topological polar surface area (TPSA) is 105 Å². The third-order valence-electron chi connectivity index (χ3n) is 0.631. The van der Waals surface area contributed by atoms with Crippen LogP contribution in [0.4, 0.5) is 0 Å². The van der Waals surface area contributed by atoms with Crippen LogP contribution in [-0.4, -0.2) is 31.9 Å². The normalized spacial score (nSPS) is 12.6. The van der Waals surface area contributed by atoms with E-state index in [4.69, 9.17) is 10.3 Å². The molecule has 0 saturated heterocycles. The minimum absolute atomic E-state index is 0.0332. The average Bonchev–Trinajstić information content (AvgIpc) is 1.78. The van der Waals surface area contributed by atoms with E-state index in [2.05, 4.69) is 10.2 Å². The van der Waals surface area contributed by atoms with Crippen LogP contribution in [0.1, 0.15) is 0 Å². The molecule has 6 nitrogen and oxygen atoms in total. The number of nitrogens with two attached hydrogens (primary N) is 1. The maximum Gasteiger partial charge on any atom is 0.266 e. The Labute approximate surface area is 58.9 Å². The minimum Gasteiger partial charge on any atom is -0.311 e. The SMILES string of the molecule is NCN=NCCS(=O)(=O)O. The lowest BCUT2D eigenvalue weighted by Gasteiger charge is -1.88. The van der Waals surface area contributed by atoms with E-state index in [9.17, 15) is 8.42 Å². The van der Waals surface area contributed by atoms with Crippen LogP contribution in [-0.2, 0) is 10.1 Å². The maximum atomic E-state index is 10.0. The lowest BCUT2D eigenvalue weighted by atomic mass is 10.8. The van der Waals surface area contributed by atoms with Gasteiger partial charge >= 0.3 is 0 Å². The molecule has 0 fully saturated rings. The molecule has 7 heteroatoms. The predicted octanol–water partition coefficient (Wildman–Crippen LogP) is -0.757. The molecule has 0 aromatic rings. The standard InChI is InChI=1S/C3H9N3O3S/c4-3-6-5-1-2-10(7,8)9/h1-4H2,(H,7,8,9). The van der Waals surface area contributed by atoms with E-state index in [1.54, 1.807) is 0 Å². The molecular formula is C3H9N3O3S. The van der Waals surface area contributed by atoms with Gasteiger partial charge in [0.2, 0.25) is 0 Å². The zero-order chi connectivity index (χ0) is 8.04. The van der Waals surface area contributed by atoms with Gasteiger partial charge < -0.3 is 5.73 Å². The van der Waals surface area contributed by atoms with Gasteiger partial charge in [0.1, 0.15) is 6.67 Å². The molecule has 0 rings (SSSR count). The van der Waals surface area contributed by atoms with E-state index in [1.807, 2.05) is 0 Å². The molecule has 0 spiro atoms. The molecule has 0 atom stereocenters. The summed E-state index contributed by atoms with van der Waals surface area (Å²) in [5, 5.41) is 6.64. The molecule has 0 heterocycles. The van der Waals surface area contributed by atoms with Gasteiger partial charge in [-0.15, -0.1) is 0 Å². The van der Waals surface area contributed by atoms with Gasteiger partial charge in [0.05, 0.1) is 12.3 Å². The van der Waals surface area contributed by atoms with Gasteiger partial charge in [-0.25, -0.2) is 0 Å². The summed E-state index contributed by atoms with van der Waals surface area (Å²) in [4.78, 5) is 0. The zero-order valence-corrected chi connectivity index (χ0v) is 6.08. The highest BCUT2D eigenvalue weighted by Crippen LogP contribution is 1.82. The fourth-order valence-corrected chi connectivity index (χ4v) is 0.597. The number of nitrogens with zero attached hydrogens (tertiary/aromatic N) is 2. The van der Waals surface area contributed by atoms with E-state index in [0.717, 1.165) is 0 Å². The van der Waals surface area contributed by atoms with Gasteiger partial charge in [-0.05, 0) is 0 Å². The van der Waals surface area contributed by atoms with Crippen LogP contribution in [0, 0.1) is 0 Å². The molecular weight excluding hydrogens is 158 g/mol. The second-order valence-corrected chi connectivity index (χ2v) is 3.05. The summed E-state index contributed by atoms with van der Waals surface area (Å²) in [6.07, 6.45) is 0. The van der Waals surface area contributed by atoms with Crippen molar-refractivity contribution in [1.29, 1.82) is 0 Å². The Bertz CT molecular complexity index is 197. The molecule has 3 N–H and O–H groups in total. The smallest absolute Gasteiger partial charge is 0.266 e. The van der Waals surface area contributed by atoms with Crippen LogP contribution in [0.15, 0.2) is 10.2 Å². The summed E-state index contributed by atoms with van der Waals surface area (Å²) in [6, 6.07) is 0. The van der Waals surface area contributed by atoms with Crippen molar-refractivity contribution in [2.75, 3.05) is 19.0 Å². The zero-order valence-electron chi connectivity index (χ0n) is 5.27. The molecule has 10 heavy (non-hydrogen) atoms. The summed E-state index contributed by atoms with van der Waals surface area (Å²) in [5.74, 6) is -0.406. The van der Waals surface area contributed by atoms with Crippen molar-refractivity contribution in [2.24, 2.45) is 16.0 Å². The van der Waals surface area contributed by atoms with E-state index in [-0.39, 0.29) is 13.2 Å². The largest absolute Gasteiger partial charge is 0.311 e. The first-order valence-corrected chi connectivity index (χ1v) is 4.15. The number of rotatable bonds is 4. The highest BCUT2D eigenvalue weighted by Gasteiger charge is 2.01. The number of azo groups is 1. The number of hydrogen-bond donors (Lipinski definition) is 2. The van der Waals surface area contributed by atoms with E-state index in [1.165, 1.54) is 0 Å². The van der Waals surface area contributed by atoms with Gasteiger partial charge in [0, 0.05) is 0 Å². The van der Waals surface area contributed by atoms with Crippen LogP contribution in [0.2, 0.25) is 0 Å². The molecule has 0 aliphatic heterocycles. The van der Waals surface area contributed by atoms with E-state index >= 15 is 0 Å². The van der Waals surface area contributed by atoms with Crippen molar-refractivity contribution >= 4 is 10.1 Å². The van der Waals surface area contributed by atoms with Crippen LogP contribution in [0.25, 0.3) is 0 Å². The van der Waals surface area contributed by atoms with Crippen molar-refractivity contribution < 1.29 is 13.0 Å². The Morgan fingerprint density at radius 1 is 1.40 bits per heavy atom. The minimum atomic E-state index is -3.90. The summed E-state index contributed by atoms with van der Waals surface area (Å²) < 4.78 is 28.2. The van der Waals surface area contributed by atoms with Crippen LogP contribution >= 0.6 is 0 Å². The first-order valence-electron chi connectivity index (χ1n) is 2.55. The molecule has 0 bridgehead atoms. The number of hydrogen-bond acceptors (Lipinski definition) is 5. The Kier molecular flexibility index (Phi) is 4.08. The Hall–Kier alpha value is -0.530. The Morgan fingerprint density at radius 3 is 2.40 bits per heavy atom. The first-order chi connectivity index (χ1) is 4.56. The molecule has 0 amide bonds. The van der Waals surface area contributed by atoms with E-state index < -0.39 is 15.9 Å². The molecule has 0 aliphatic carbocycles. The second kappa shape index (κ2) is 4.31. The summed E-state index contributed by atoms with van der Waals surface area (Å²) in [6.45, 7) is -0.0124. The monoisotopic (exact) mass is 167 g/mol. The molecule has 60 valence electrons. The fraction of sp³-hybridized carbons (Fsp3) is 1.00. The van der Waals surface area contributed by atoms with Crippen molar-refractivity contribution in [2.45, 2.75) is 0 Å². The van der Waals surface area contributed by atoms with Crippen molar-refractivity contribution in [3.05, 3.63) is 0 Å². The molecule has 0 saturated carbocycles. The van der Waals surface area contributed by atoms with Gasteiger partial charge in [0.25, 0.3) is 10.1 Å². The van der Waals surface area contributed by atoms with Gasteiger partial charge in [0.15, 0.2) is 0 Å². The molecule has 0 aromatic carbocycles. The Morgan fingerprint density at radius 2 is 2.00 bits per heavy atom. The fourth-order valence-electron chi connectivity index (χ4n) is 0.285. The van der Waals surface area contributed by atoms with Crippen LogP contribution in [0.3, 0.4) is 0 Å². The van der Waals surface area contributed by atoms with Gasteiger partial charge in [-0.1, -0.05) is 0 Å². The summed E-state index contributed by atoms with van der Waals surface area (Å²) in [7, 11) is -3.90. The van der Waals surface area contributed by atoms with Crippen molar-refractivity contribution in [1.82, 2.24) is 0 Å². The second-order valence-electron chi connectivity index (χ2n) is 1.48. The Balaban J connectivity index is 3.48. The third kappa shape index (κ3) is 7.47. The molecule has 0 aliphatic rings. The molecule has 0 aromatic heterocycles. The highest BCUT2D eigenvalue weighted by molar-refractivity contribution is 7.85. The van der Waals surface area contributed by atoms with Gasteiger partial charge in [-0.2, -0.15) is 18.6 Å². The summed E-state index contributed by atoms with van der Waals surface area (Å²) in [5.41, 5.74) is 4.91. The quantitative estimate of drug-likeness (QED) is 0.424. The molecule has 0 radical (unpaired) electrons. The lowest BCUT2D eigenvalue weighted by Crippen LogP contribution is -2.06. The third-order valence-corrected chi connectivity index (χ3v) is 1.33. The summed E-state index contributed by atoms with van der Waals surface area (Å²) >= 11 is 0. The lowest BCUT2D eigenvalue weighted by molar-refractivity contribution is 0.483. The van der Waals surface area contributed by atoms with Crippen molar-refractivity contribution in [3.8, 4) is 0 Å². The molecule has 0 unspecified atom stereocenters. The van der Waals surface area contributed by atoms with E-state index in [0.29, 0.717) is 0 Å². The van der Waals surface area contributed by atoms with Crippen LogP contribution < -0.4 is 5.73 Å². The highest BCUT2D eigenvalue weighted by atomic mass is 32.2. The maximum absolute atomic E-state index is 10.0. The van der Waals surface area contributed by atoms with Crippen molar-refractivity contribution in [3.63, 3.8) is 0 Å². The first kappa shape index (κ1) is 9.47. The predicted molar refractivity (Wildman–Crippen MR) is 35.2 cm³/mol.